The summed E-state index contributed by atoms with van der Waals surface area (Å²) in [6.45, 7) is 1.28. The van der Waals surface area contributed by atoms with Crippen molar-refractivity contribution in [2.75, 3.05) is 10.6 Å². The molecule has 50 heavy (non-hydrogen) atoms. The first-order valence-electron chi connectivity index (χ1n) is 14.6. The van der Waals surface area contributed by atoms with Gasteiger partial charge in [-0.15, -0.1) is 11.8 Å². The van der Waals surface area contributed by atoms with E-state index in [1.165, 1.54) is 31.2 Å². The van der Waals surface area contributed by atoms with Crippen LogP contribution in [-0.4, -0.2) is 23.0 Å². The second-order valence-electron chi connectivity index (χ2n) is 10.7. The van der Waals surface area contributed by atoms with Crippen LogP contribution in [0, 0.1) is 23.3 Å². The lowest BCUT2D eigenvalue weighted by Crippen LogP contribution is -2.30. The first-order chi connectivity index (χ1) is 23.7. The lowest BCUT2D eigenvalue weighted by atomic mass is 10.0. The molecule has 0 aromatic heterocycles. The van der Waals surface area contributed by atoms with E-state index in [-0.39, 0.29) is 11.4 Å². The average Bonchev–Trinajstić information content (AvgIpc) is 3.09. The van der Waals surface area contributed by atoms with Crippen LogP contribution in [0.1, 0.15) is 28.4 Å². The molecule has 0 heterocycles. The first kappa shape index (κ1) is 35.7. The topological polar surface area (TPSA) is 87.3 Å². The maximum atomic E-state index is 14.3. The van der Waals surface area contributed by atoms with Gasteiger partial charge in [0.15, 0.2) is 23.3 Å². The molecule has 0 aliphatic heterocycles. The molecule has 0 aliphatic carbocycles. The van der Waals surface area contributed by atoms with Gasteiger partial charge in [-0.05, 0) is 65.7 Å². The van der Waals surface area contributed by atoms with Crippen molar-refractivity contribution in [3.05, 3.63) is 143 Å². The van der Waals surface area contributed by atoms with Gasteiger partial charge in [-0.1, -0.05) is 60.7 Å². The molecule has 1 unspecified atom stereocenters. The highest BCUT2D eigenvalue weighted by Crippen LogP contribution is 2.39. The lowest BCUT2D eigenvalue weighted by molar-refractivity contribution is -0.143. The Morgan fingerprint density at radius 3 is 1.96 bits per heavy atom. The van der Waals surface area contributed by atoms with Crippen LogP contribution in [0.15, 0.2) is 108 Å². The summed E-state index contributed by atoms with van der Waals surface area (Å²) in [4.78, 5) is 39.5. The third kappa shape index (κ3) is 7.97. The Kier molecular flexibility index (Phi) is 10.6. The van der Waals surface area contributed by atoms with Gasteiger partial charge in [-0.25, -0.2) is 17.6 Å². The highest BCUT2D eigenvalue weighted by molar-refractivity contribution is 8.00. The van der Waals surface area contributed by atoms with Crippen LogP contribution in [0.2, 0.25) is 0 Å². The van der Waals surface area contributed by atoms with Crippen LogP contribution in [0.25, 0.3) is 16.8 Å². The van der Waals surface area contributed by atoms with Crippen molar-refractivity contribution >= 4 is 57.7 Å². The zero-order valence-corrected chi connectivity index (χ0v) is 26.5. The van der Waals surface area contributed by atoms with Crippen molar-refractivity contribution in [2.24, 2.45) is 0 Å². The molecule has 5 rings (SSSR count). The molecule has 3 N–H and O–H groups in total. The van der Waals surface area contributed by atoms with Crippen molar-refractivity contribution in [2.45, 2.75) is 23.2 Å². The number of thioether (sulfide) groups is 1. The quantitative estimate of drug-likeness (QED) is 0.0617. The molecule has 3 amide bonds. The van der Waals surface area contributed by atoms with Crippen molar-refractivity contribution in [3.8, 4) is 0 Å². The highest BCUT2D eigenvalue weighted by atomic mass is 32.2. The molecule has 0 saturated carbocycles. The monoisotopic (exact) mass is 711 g/mol. The van der Waals surface area contributed by atoms with Gasteiger partial charge in [0, 0.05) is 16.1 Å². The van der Waals surface area contributed by atoms with Gasteiger partial charge in [-0.2, -0.15) is 13.2 Å². The van der Waals surface area contributed by atoms with Gasteiger partial charge in [0.1, 0.15) is 16.9 Å². The Hall–Kier alpha value is -5.63. The number of carbonyl (C=O) groups is 3. The first-order valence-corrected chi connectivity index (χ1v) is 15.5. The number of fused-ring (bicyclic) bond motifs is 1. The largest absolute Gasteiger partial charge is 0.422 e. The molecule has 0 spiro atoms. The Bertz CT molecular complexity index is 2090. The number of halogens is 7. The minimum absolute atomic E-state index is 0.0606. The summed E-state index contributed by atoms with van der Waals surface area (Å²) in [6, 6.07) is 27.2. The molecular formula is C36H24F7N3O3S. The molecule has 0 saturated heterocycles. The van der Waals surface area contributed by atoms with E-state index in [2.05, 4.69) is 10.6 Å². The number of amides is 3. The smallest absolute Gasteiger partial charge is 0.321 e. The second-order valence-corrected chi connectivity index (χ2v) is 12.1. The van der Waals surface area contributed by atoms with Crippen molar-refractivity contribution in [1.29, 1.82) is 0 Å². The summed E-state index contributed by atoms with van der Waals surface area (Å²) in [5.74, 6) is -12.5. The van der Waals surface area contributed by atoms with E-state index >= 15 is 0 Å². The molecule has 5 aromatic rings. The van der Waals surface area contributed by atoms with E-state index in [0.29, 0.717) is 16.0 Å². The molecule has 0 fully saturated rings. The van der Waals surface area contributed by atoms with Crippen LogP contribution in [0.4, 0.5) is 42.1 Å². The number of hydrogen-bond donors (Lipinski definition) is 3. The van der Waals surface area contributed by atoms with Crippen molar-refractivity contribution in [1.82, 2.24) is 5.32 Å². The summed E-state index contributed by atoms with van der Waals surface area (Å²) in [5.41, 5.74) is -3.24. The maximum Gasteiger partial charge on any atom is 0.422 e. The van der Waals surface area contributed by atoms with Crippen LogP contribution >= 0.6 is 11.8 Å². The zero-order valence-electron chi connectivity index (χ0n) is 25.7. The Morgan fingerprint density at radius 1 is 0.720 bits per heavy atom. The molecule has 6 nitrogen and oxygen atoms in total. The minimum Gasteiger partial charge on any atom is -0.321 e. The van der Waals surface area contributed by atoms with Gasteiger partial charge < -0.3 is 16.0 Å². The molecule has 0 aliphatic rings. The fourth-order valence-corrected chi connectivity index (χ4v) is 5.63. The Morgan fingerprint density at radius 2 is 1.32 bits per heavy atom. The lowest BCUT2D eigenvalue weighted by Gasteiger charge is -2.16. The van der Waals surface area contributed by atoms with Crippen molar-refractivity contribution < 1.29 is 45.1 Å². The number of nitrogens with one attached hydrogen (secondary N) is 3. The van der Waals surface area contributed by atoms with E-state index in [9.17, 15) is 45.1 Å². The molecule has 256 valence electrons. The molecule has 0 radical (unpaired) electrons. The van der Waals surface area contributed by atoms with E-state index in [4.69, 9.17) is 0 Å². The van der Waals surface area contributed by atoms with Crippen molar-refractivity contribution in [3.63, 3.8) is 0 Å². The fourth-order valence-electron chi connectivity index (χ4n) is 4.76. The van der Waals surface area contributed by atoms with Gasteiger partial charge >= 0.3 is 6.18 Å². The second kappa shape index (κ2) is 14.9. The van der Waals surface area contributed by atoms with E-state index < -0.39 is 63.7 Å². The number of hydrogen-bond acceptors (Lipinski definition) is 4. The third-order valence-electron chi connectivity index (χ3n) is 7.24. The molecule has 1 atom stereocenters. The van der Waals surface area contributed by atoms with Gasteiger partial charge in [0.2, 0.25) is 5.91 Å². The Balaban J connectivity index is 1.31. The normalized spacial score (nSPS) is 12.4. The van der Waals surface area contributed by atoms with Crippen LogP contribution in [-0.2, 0) is 15.8 Å². The SMILES string of the molecule is CC(Sc1ccc(NC(=O)/C(=C/c2cccc3ccccc23)NC(=O)c2ccccc2)cc1)C(=O)Nc1c(F)c(F)c(C(F)(F)F)c(F)c1F. The van der Waals surface area contributed by atoms with Gasteiger partial charge in [0.05, 0.1) is 5.25 Å². The van der Waals surface area contributed by atoms with Crippen LogP contribution in [0.5, 0.6) is 0 Å². The van der Waals surface area contributed by atoms with E-state index in [1.807, 2.05) is 36.4 Å². The van der Waals surface area contributed by atoms with Gasteiger partial charge in [0.25, 0.3) is 11.8 Å². The molecule has 14 heteroatoms. The predicted molar refractivity (Wildman–Crippen MR) is 176 cm³/mol. The molecule has 5 aromatic carbocycles. The third-order valence-corrected chi connectivity index (χ3v) is 8.35. The number of anilines is 2. The Labute approximate surface area is 284 Å². The summed E-state index contributed by atoms with van der Waals surface area (Å²) in [5, 5.41) is 7.57. The number of benzene rings is 5. The summed E-state index contributed by atoms with van der Waals surface area (Å²) in [6.07, 6.45) is -4.18. The molecule has 0 bridgehead atoms. The number of carbonyl (C=O) groups excluding carboxylic acids is 3. The van der Waals surface area contributed by atoms with Crippen LogP contribution in [0.3, 0.4) is 0 Å². The summed E-state index contributed by atoms with van der Waals surface area (Å²) >= 11 is 0.836. The standard InChI is InChI=1S/C36H24F7N3O3S/c1-19(33(47)46-32-30(39)28(37)27(36(41,42)43)29(38)31(32)40)50-24-16-14-23(15-17-24)44-35(49)26(45-34(48)21-9-3-2-4-10-21)18-22-12-7-11-20-8-5-6-13-25(20)22/h2-19H,1H3,(H,44,49)(H,45,48)(H,46,47)/b26-18-. The van der Waals surface area contributed by atoms with Gasteiger partial charge in [-0.3, -0.25) is 14.4 Å². The summed E-state index contributed by atoms with van der Waals surface area (Å²) in [7, 11) is 0. The maximum absolute atomic E-state index is 14.3. The van der Waals surface area contributed by atoms with E-state index in [1.54, 1.807) is 47.8 Å². The number of alkyl halides is 3. The minimum atomic E-state index is -5.72. The van der Waals surface area contributed by atoms with Crippen LogP contribution < -0.4 is 16.0 Å². The van der Waals surface area contributed by atoms with E-state index in [0.717, 1.165) is 22.5 Å². The zero-order chi connectivity index (χ0) is 36.2. The molecular weight excluding hydrogens is 687 g/mol. The highest BCUT2D eigenvalue weighted by Gasteiger charge is 2.42. The number of rotatable bonds is 9. The predicted octanol–water partition coefficient (Wildman–Crippen LogP) is 8.94. The fraction of sp³-hybridized carbons (Fsp3) is 0.0833. The summed E-state index contributed by atoms with van der Waals surface area (Å²) < 4.78 is 95.1. The average molecular weight is 712 g/mol.